The number of thioether (sulfide) groups is 1. The van der Waals surface area contributed by atoms with Crippen LogP contribution in [0.1, 0.15) is 24.3 Å². The minimum absolute atomic E-state index is 0.00107. The number of halogens is 3. The summed E-state index contributed by atoms with van der Waals surface area (Å²) in [5, 5.41) is -0.616. The van der Waals surface area contributed by atoms with Gasteiger partial charge in [0.1, 0.15) is 5.37 Å². The molecule has 1 heterocycles. The van der Waals surface area contributed by atoms with E-state index in [1.807, 2.05) is 6.92 Å². The molecule has 0 N–H and O–H groups in total. The van der Waals surface area contributed by atoms with Crippen molar-refractivity contribution >= 4 is 17.7 Å². The number of rotatable bonds is 6. The van der Waals surface area contributed by atoms with Crippen molar-refractivity contribution in [3.05, 3.63) is 35.1 Å². The van der Waals surface area contributed by atoms with Crippen molar-refractivity contribution < 1.29 is 22.7 Å². The molecule has 1 aromatic rings. The van der Waals surface area contributed by atoms with Gasteiger partial charge in [0, 0.05) is 25.3 Å². The second kappa shape index (κ2) is 7.17. The SMILES string of the molecule is CCOCCCN1C(=O)CSC1c1ccc(F)c(F)c1F. The largest absolute Gasteiger partial charge is 0.382 e. The number of nitrogens with zero attached hydrogens (tertiary/aromatic N) is 1. The van der Waals surface area contributed by atoms with Crippen LogP contribution >= 0.6 is 11.8 Å². The smallest absolute Gasteiger partial charge is 0.233 e. The van der Waals surface area contributed by atoms with E-state index in [9.17, 15) is 18.0 Å². The van der Waals surface area contributed by atoms with E-state index in [0.29, 0.717) is 26.2 Å². The summed E-state index contributed by atoms with van der Waals surface area (Å²) >= 11 is 1.21. The molecule has 0 bridgehead atoms. The number of amides is 1. The second-order valence-corrected chi connectivity index (χ2v) is 5.63. The van der Waals surface area contributed by atoms with Crippen molar-refractivity contribution in [2.75, 3.05) is 25.5 Å². The average molecular weight is 319 g/mol. The van der Waals surface area contributed by atoms with Gasteiger partial charge < -0.3 is 9.64 Å². The summed E-state index contributed by atoms with van der Waals surface area (Å²) in [6.45, 7) is 3.35. The van der Waals surface area contributed by atoms with Crippen LogP contribution in [0.2, 0.25) is 0 Å². The summed E-state index contributed by atoms with van der Waals surface area (Å²) in [4.78, 5) is 13.3. The third-order valence-corrected chi connectivity index (χ3v) is 4.43. The van der Waals surface area contributed by atoms with E-state index in [-0.39, 0.29) is 17.2 Å². The van der Waals surface area contributed by atoms with Crippen LogP contribution in [0.15, 0.2) is 12.1 Å². The molecule has 1 fully saturated rings. The van der Waals surface area contributed by atoms with Gasteiger partial charge in [0.15, 0.2) is 17.5 Å². The quantitative estimate of drug-likeness (QED) is 0.596. The predicted octanol–water partition coefficient (Wildman–Crippen LogP) is 3.10. The third-order valence-electron chi connectivity index (χ3n) is 3.19. The van der Waals surface area contributed by atoms with Crippen LogP contribution in [-0.2, 0) is 9.53 Å². The lowest BCUT2D eigenvalue weighted by Crippen LogP contribution is -2.30. The van der Waals surface area contributed by atoms with Crippen molar-refractivity contribution in [3.63, 3.8) is 0 Å². The zero-order chi connectivity index (χ0) is 15.4. The minimum atomic E-state index is -1.50. The molecule has 0 aliphatic carbocycles. The van der Waals surface area contributed by atoms with Crippen molar-refractivity contribution in [1.82, 2.24) is 4.90 Å². The van der Waals surface area contributed by atoms with E-state index in [2.05, 4.69) is 0 Å². The molecule has 7 heteroatoms. The highest BCUT2D eigenvalue weighted by Crippen LogP contribution is 2.40. The molecule has 1 amide bonds. The number of hydrogen-bond donors (Lipinski definition) is 0. The number of carbonyl (C=O) groups excluding carboxylic acids is 1. The fourth-order valence-corrected chi connectivity index (χ4v) is 3.40. The van der Waals surface area contributed by atoms with Gasteiger partial charge in [-0.25, -0.2) is 13.2 Å². The van der Waals surface area contributed by atoms with Gasteiger partial charge in [-0.2, -0.15) is 0 Å². The van der Waals surface area contributed by atoms with Crippen LogP contribution < -0.4 is 0 Å². The molecule has 0 spiro atoms. The van der Waals surface area contributed by atoms with Gasteiger partial charge in [0.25, 0.3) is 0 Å². The van der Waals surface area contributed by atoms with Gasteiger partial charge in [-0.15, -0.1) is 11.8 Å². The van der Waals surface area contributed by atoms with E-state index in [4.69, 9.17) is 4.74 Å². The lowest BCUT2D eigenvalue weighted by molar-refractivity contribution is -0.128. The molecule has 21 heavy (non-hydrogen) atoms. The maximum atomic E-state index is 13.9. The molecule has 0 saturated carbocycles. The lowest BCUT2D eigenvalue weighted by Gasteiger charge is -2.24. The molecule has 1 unspecified atom stereocenters. The van der Waals surface area contributed by atoms with Crippen LogP contribution in [-0.4, -0.2) is 36.3 Å². The standard InChI is InChI=1S/C14H16F3NO2S/c1-2-20-7-3-6-18-11(19)8-21-14(18)9-4-5-10(15)13(17)12(9)16/h4-5,14H,2-3,6-8H2,1H3. The highest BCUT2D eigenvalue weighted by atomic mass is 32.2. The Morgan fingerprint density at radius 1 is 1.33 bits per heavy atom. The average Bonchev–Trinajstić information content (AvgIpc) is 2.83. The van der Waals surface area contributed by atoms with Crippen LogP contribution in [0.4, 0.5) is 13.2 Å². The first-order valence-corrected chi connectivity index (χ1v) is 7.73. The highest BCUT2D eigenvalue weighted by Gasteiger charge is 2.35. The van der Waals surface area contributed by atoms with E-state index >= 15 is 0 Å². The van der Waals surface area contributed by atoms with E-state index in [1.165, 1.54) is 22.7 Å². The van der Waals surface area contributed by atoms with Gasteiger partial charge >= 0.3 is 0 Å². The fourth-order valence-electron chi connectivity index (χ4n) is 2.17. The molecular weight excluding hydrogens is 303 g/mol. The molecule has 2 rings (SSSR count). The Kier molecular flexibility index (Phi) is 5.52. The highest BCUT2D eigenvalue weighted by molar-refractivity contribution is 8.00. The van der Waals surface area contributed by atoms with E-state index in [1.54, 1.807) is 0 Å². The molecule has 116 valence electrons. The first kappa shape index (κ1) is 16.2. The molecule has 1 aliphatic rings. The first-order chi connectivity index (χ1) is 10.1. The third kappa shape index (κ3) is 3.52. The van der Waals surface area contributed by atoms with E-state index < -0.39 is 22.8 Å². The van der Waals surface area contributed by atoms with Gasteiger partial charge in [-0.05, 0) is 19.4 Å². The summed E-state index contributed by atoms with van der Waals surface area (Å²) < 4.78 is 45.4. The van der Waals surface area contributed by atoms with Crippen LogP contribution in [0, 0.1) is 17.5 Å². The van der Waals surface area contributed by atoms with Crippen molar-refractivity contribution in [2.24, 2.45) is 0 Å². The predicted molar refractivity (Wildman–Crippen MR) is 74.3 cm³/mol. The second-order valence-electron chi connectivity index (χ2n) is 4.57. The Morgan fingerprint density at radius 3 is 2.81 bits per heavy atom. The first-order valence-electron chi connectivity index (χ1n) is 6.68. The molecule has 0 radical (unpaired) electrons. The summed E-state index contributed by atoms with van der Waals surface area (Å²) in [5.41, 5.74) is 0.00107. The lowest BCUT2D eigenvalue weighted by atomic mass is 10.1. The monoisotopic (exact) mass is 319 g/mol. The van der Waals surface area contributed by atoms with Gasteiger partial charge in [-0.1, -0.05) is 6.07 Å². The Bertz CT molecular complexity index is 527. The minimum Gasteiger partial charge on any atom is -0.382 e. The zero-order valence-electron chi connectivity index (χ0n) is 11.6. The zero-order valence-corrected chi connectivity index (χ0v) is 12.4. The van der Waals surface area contributed by atoms with Gasteiger partial charge in [-0.3, -0.25) is 4.79 Å². The number of benzene rings is 1. The number of hydrogen-bond acceptors (Lipinski definition) is 3. The van der Waals surface area contributed by atoms with Crippen LogP contribution in [0.3, 0.4) is 0 Å². The molecular formula is C14H16F3NO2S. The molecule has 1 saturated heterocycles. The van der Waals surface area contributed by atoms with Gasteiger partial charge in [0.2, 0.25) is 5.91 Å². The maximum absolute atomic E-state index is 13.9. The van der Waals surface area contributed by atoms with Crippen LogP contribution in [0.5, 0.6) is 0 Å². The van der Waals surface area contributed by atoms with Crippen LogP contribution in [0.25, 0.3) is 0 Å². The summed E-state index contributed by atoms with van der Waals surface area (Å²) in [6.07, 6.45) is 0.613. The number of carbonyl (C=O) groups is 1. The summed E-state index contributed by atoms with van der Waals surface area (Å²) in [7, 11) is 0. The normalized spacial score (nSPS) is 18.6. The van der Waals surface area contributed by atoms with E-state index in [0.717, 1.165) is 6.07 Å². The van der Waals surface area contributed by atoms with Gasteiger partial charge in [0.05, 0.1) is 5.75 Å². The summed E-state index contributed by atoms with van der Waals surface area (Å²) in [5.74, 6) is -3.88. The number of ether oxygens (including phenoxy) is 1. The molecule has 3 nitrogen and oxygen atoms in total. The Hall–Kier alpha value is -1.21. The molecule has 1 aliphatic heterocycles. The van der Waals surface area contributed by atoms with Crippen molar-refractivity contribution in [3.8, 4) is 0 Å². The Labute approximate surface area is 125 Å². The maximum Gasteiger partial charge on any atom is 0.233 e. The molecule has 0 aromatic heterocycles. The molecule has 1 atom stereocenters. The van der Waals surface area contributed by atoms with Crippen molar-refractivity contribution in [1.29, 1.82) is 0 Å². The fraction of sp³-hybridized carbons (Fsp3) is 0.500. The molecule has 1 aromatic carbocycles. The Balaban J connectivity index is 2.14. The summed E-state index contributed by atoms with van der Waals surface area (Å²) in [6, 6.07) is 2.08. The topological polar surface area (TPSA) is 29.5 Å². The Morgan fingerprint density at radius 2 is 2.10 bits per heavy atom. The van der Waals surface area contributed by atoms with Crippen molar-refractivity contribution in [2.45, 2.75) is 18.7 Å².